The average Bonchev–Trinajstić information content (AvgIpc) is 3.46. The predicted octanol–water partition coefficient (Wildman–Crippen LogP) is 6.36. The van der Waals surface area contributed by atoms with Gasteiger partial charge in [-0.15, -0.1) is 0 Å². The van der Waals surface area contributed by atoms with Crippen LogP contribution in [-0.2, 0) is 26.2 Å². The second-order valence-corrected chi connectivity index (χ2v) is 13.0. The summed E-state index contributed by atoms with van der Waals surface area (Å²) in [6.45, 7) is 3.25. The van der Waals surface area contributed by atoms with Crippen molar-refractivity contribution in [2.75, 3.05) is 10.8 Å². The molecule has 0 radical (unpaired) electrons. The van der Waals surface area contributed by atoms with Crippen LogP contribution in [0.25, 0.3) is 0 Å². The van der Waals surface area contributed by atoms with Gasteiger partial charge in [-0.05, 0) is 68.1 Å². The van der Waals surface area contributed by atoms with Crippen LogP contribution in [-0.4, -0.2) is 43.8 Å². The third-order valence-electron chi connectivity index (χ3n) is 7.38. The summed E-state index contributed by atoms with van der Waals surface area (Å²) in [4.78, 5) is 29.2. The number of anilines is 1. The Kier molecular flexibility index (Phi) is 10.3. The molecule has 0 aliphatic heterocycles. The summed E-state index contributed by atoms with van der Waals surface area (Å²) in [5.74, 6) is -0.782. The number of hydrogen-bond acceptors (Lipinski definition) is 4. The Hall–Kier alpha value is -3.07. The molecule has 0 saturated heterocycles. The molecular weight excluding hydrogens is 581 g/mol. The normalized spacial score (nSPS) is 14.4. The minimum absolute atomic E-state index is 0.0125. The van der Waals surface area contributed by atoms with Gasteiger partial charge in [0.1, 0.15) is 12.6 Å². The second-order valence-electron chi connectivity index (χ2n) is 10.3. The Bertz CT molecular complexity index is 1460. The van der Waals surface area contributed by atoms with E-state index in [-0.39, 0.29) is 23.4 Å². The highest BCUT2D eigenvalue weighted by Gasteiger charge is 2.34. The molecule has 1 fully saturated rings. The van der Waals surface area contributed by atoms with E-state index in [1.807, 2.05) is 13.8 Å². The number of amides is 2. The van der Waals surface area contributed by atoms with Gasteiger partial charge in [0.2, 0.25) is 11.8 Å². The largest absolute Gasteiger partial charge is 0.352 e. The van der Waals surface area contributed by atoms with Crippen molar-refractivity contribution >= 4 is 50.7 Å². The second kappa shape index (κ2) is 13.7. The quantitative estimate of drug-likeness (QED) is 0.272. The summed E-state index contributed by atoms with van der Waals surface area (Å²) < 4.78 is 28.8. The Labute approximate surface area is 252 Å². The number of sulfonamides is 1. The molecule has 1 N–H and O–H groups in total. The number of carbonyl (C=O) groups is 2. The van der Waals surface area contributed by atoms with E-state index in [1.54, 1.807) is 60.7 Å². The molecule has 1 saturated carbocycles. The third-order valence-corrected chi connectivity index (χ3v) is 9.75. The molecule has 0 aromatic heterocycles. The number of rotatable bonds is 11. The highest BCUT2D eigenvalue weighted by Crippen LogP contribution is 2.27. The van der Waals surface area contributed by atoms with Crippen LogP contribution in [0.5, 0.6) is 0 Å². The summed E-state index contributed by atoms with van der Waals surface area (Å²) in [6.07, 6.45) is 4.23. The monoisotopic (exact) mass is 615 g/mol. The molecular formula is C31H35Cl2N3O4S. The first-order chi connectivity index (χ1) is 19.6. The average molecular weight is 617 g/mol. The smallest absolute Gasteiger partial charge is 0.264 e. The molecule has 0 bridgehead atoms. The van der Waals surface area contributed by atoms with Crippen molar-refractivity contribution in [1.82, 2.24) is 10.2 Å². The molecule has 1 aliphatic carbocycles. The van der Waals surface area contributed by atoms with E-state index in [1.165, 1.54) is 17.0 Å². The van der Waals surface area contributed by atoms with Crippen LogP contribution in [0.1, 0.15) is 50.2 Å². The number of nitrogens with one attached hydrogen (secondary N) is 1. The number of nitrogens with zero attached hydrogens (tertiary/aromatic N) is 2. The maximum Gasteiger partial charge on any atom is 0.264 e. The van der Waals surface area contributed by atoms with Gasteiger partial charge in [-0.2, -0.15) is 0 Å². The van der Waals surface area contributed by atoms with E-state index in [9.17, 15) is 18.0 Å². The Morgan fingerprint density at radius 3 is 2.24 bits per heavy atom. The molecule has 3 aromatic rings. The lowest BCUT2D eigenvalue weighted by atomic mass is 10.1. The number of carbonyl (C=O) groups excluding carboxylic acids is 2. The lowest BCUT2D eigenvalue weighted by molar-refractivity contribution is -0.140. The zero-order valence-corrected chi connectivity index (χ0v) is 25.6. The lowest BCUT2D eigenvalue weighted by Gasteiger charge is -2.34. The van der Waals surface area contributed by atoms with Crippen molar-refractivity contribution in [1.29, 1.82) is 0 Å². The Morgan fingerprint density at radius 2 is 1.63 bits per heavy atom. The highest BCUT2D eigenvalue weighted by molar-refractivity contribution is 7.92. The molecule has 1 aliphatic rings. The molecule has 0 heterocycles. The third kappa shape index (κ3) is 7.61. The fraction of sp³-hybridized carbons (Fsp3) is 0.355. The summed E-state index contributed by atoms with van der Waals surface area (Å²) in [5, 5.41) is 3.90. The maximum absolute atomic E-state index is 14.2. The predicted molar refractivity (Wildman–Crippen MR) is 164 cm³/mol. The first-order valence-corrected chi connectivity index (χ1v) is 16.0. The first kappa shape index (κ1) is 30.9. The van der Waals surface area contributed by atoms with Gasteiger partial charge in [-0.3, -0.25) is 13.9 Å². The van der Waals surface area contributed by atoms with Crippen LogP contribution >= 0.6 is 23.2 Å². The van der Waals surface area contributed by atoms with Crippen molar-refractivity contribution < 1.29 is 18.0 Å². The molecule has 4 rings (SSSR count). The van der Waals surface area contributed by atoms with Crippen LogP contribution in [0, 0.1) is 6.92 Å². The van der Waals surface area contributed by atoms with Crippen LogP contribution in [0.2, 0.25) is 10.0 Å². The van der Waals surface area contributed by atoms with E-state index in [0.29, 0.717) is 27.7 Å². The van der Waals surface area contributed by atoms with Crippen LogP contribution in [0.3, 0.4) is 0 Å². The fourth-order valence-electron chi connectivity index (χ4n) is 5.08. The van der Waals surface area contributed by atoms with Crippen LogP contribution < -0.4 is 9.62 Å². The van der Waals surface area contributed by atoms with Gasteiger partial charge in [0, 0.05) is 22.6 Å². The SMILES string of the molecule is CC[C@H](C(=O)NC1CCCC1)N(Cc1ccc(Cl)cc1Cl)C(=O)CN(c1ccc(C)cc1)S(=O)(=O)c1ccccc1. The fourth-order valence-corrected chi connectivity index (χ4v) is 6.98. The minimum atomic E-state index is -4.11. The molecule has 10 heteroatoms. The van der Waals surface area contributed by atoms with Gasteiger partial charge in [0.15, 0.2) is 0 Å². The van der Waals surface area contributed by atoms with E-state index in [4.69, 9.17) is 23.2 Å². The van der Waals surface area contributed by atoms with E-state index in [2.05, 4.69) is 5.32 Å². The first-order valence-electron chi connectivity index (χ1n) is 13.8. The van der Waals surface area contributed by atoms with E-state index >= 15 is 0 Å². The zero-order chi connectivity index (χ0) is 29.6. The number of benzene rings is 3. The molecule has 1 atom stereocenters. The van der Waals surface area contributed by atoms with Gasteiger partial charge >= 0.3 is 0 Å². The van der Waals surface area contributed by atoms with E-state index in [0.717, 1.165) is 35.6 Å². The standard InChI is InChI=1S/C31H35Cl2N3O4S/c1-3-29(31(38)34-25-9-7-8-10-25)35(20-23-15-16-24(32)19-28(23)33)30(37)21-36(26-17-13-22(2)14-18-26)41(39,40)27-11-5-4-6-12-27/h4-6,11-19,25,29H,3,7-10,20-21H2,1-2H3,(H,34,38)/t29-/m1/s1. The van der Waals surface area contributed by atoms with Crippen molar-refractivity contribution in [3.8, 4) is 0 Å². The van der Waals surface area contributed by atoms with Crippen molar-refractivity contribution in [2.45, 2.75) is 69.5 Å². The molecule has 0 spiro atoms. The van der Waals surface area contributed by atoms with E-state index < -0.39 is 28.5 Å². The maximum atomic E-state index is 14.2. The van der Waals surface area contributed by atoms with Gasteiger partial charge in [0.05, 0.1) is 10.6 Å². The number of aryl methyl sites for hydroxylation is 1. The zero-order valence-electron chi connectivity index (χ0n) is 23.2. The van der Waals surface area contributed by atoms with Gasteiger partial charge < -0.3 is 10.2 Å². The summed E-state index contributed by atoms with van der Waals surface area (Å²) >= 11 is 12.6. The topological polar surface area (TPSA) is 86.8 Å². The molecule has 2 amide bonds. The lowest BCUT2D eigenvalue weighted by Crippen LogP contribution is -2.53. The van der Waals surface area contributed by atoms with Crippen molar-refractivity contribution in [3.05, 3.63) is 94.0 Å². The van der Waals surface area contributed by atoms with Gasteiger partial charge in [-0.25, -0.2) is 8.42 Å². The molecule has 7 nitrogen and oxygen atoms in total. The van der Waals surface area contributed by atoms with Crippen LogP contribution in [0.4, 0.5) is 5.69 Å². The minimum Gasteiger partial charge on any atom is -0.352 e. The summed E-state index contributed by atoms with van der Waals surface area (Å²) in [5.41, 5.74) is 1.90. The molecule has 0 unspecified atom stereocenters. The Morgan fingerprint density at radius 1 is 0.976 bits per heavy atom. The number of halogens is 2. The van der Waals surface area contributed by atoms with Gasteiger partial charge in [0.25, 0.3) is 10.0 Å². The van der Waals surface area contributed by atoms with Crippen LogP contribution in [0.15, 0.2) is 77.7 Å². The Balaban J connectivity index is 1.72. The summed E-state index contributed by atoms with van der Waals surface area (Å²) in [7, 11) is -4.11. The van der Waals surface area contributed by atoms with Crippen molar-refractivity contribution in [2.24, 2.45) is 0 Å². The molecule has 218 valence electrons. The molecule has 3 aromatic carbocycles. The van der Waals surface area contributed by atoms with Crippen molar-refractivity contribution in [3.63, 3.8) is 0 Å². The number of hydrogen-bond donors (Lipinski definition) is 1. The van der Waals surface area contributed by atoms with Gasteiger partial charge in [-0.1, -0.05) is 84.9 Å². The highest BCUT2D eigenvalue weighted by atomic mass is 35.5. The summed E-state index contributed by atoms with van der Waals surface area (Å²) in [6, 6.07) is 19.1. The molecule has 41 heavy (non-hydrogen) atoms.